The molecule has 3 aromatic rings. The second-order valence-electron chi connectivity index (χ2n) is 9.49. The molecule has 0 saturated carbocycles. The molecular weight excluding hydrogens is 531 g/mol. The Hall–Kier alpha value is -3.75. The summed E-state index contributed by atoms with van der Waals surface area (Å²) >= 11 is 12.0. The van der Waals surface area contributed by atoms with Crippen LogP contribution < -0.4 is 24.4 Å². The highest BCUT2D eigenvalue weighted by molar-refractivity contribution is 6.36. The number of benzene rings is 3. The summed E-state index contributed by atoms with van der Waals surface area (Å²) in [6.07, 6.45) is 0.572. The van der Waals surface area contributed by atoms with Crippen LogP contribution in [0, 0.1) is 0 Å². The van der Waals surface area contributed by atoms with E-state index in [-0.39, 0.29) is 34.1 Å². The SMILES string of the molecule is COc1cc(/C=N/NC(=O)[C@@H]2COc3ccc(C(C)(C)C)cc3O2)ccc1OC(=O)c1ccc(Cl)cc1Cl. The molecule has 3 aromatic carbocycles. The fourth-order valence-corrected chi connectivity index (χ4v) is 4.05. The van der Waals surface area contributed by atoms with E-state index >= 15 is 0 Å². The van der Waals surface area contributed by atoms with Gasteiger partial charge in [0.05, 0.1) is 23.9 Å². The molecule has 1 heterocycles. The molecule has 1 atom stereocenters. The highest BCUT2D eigenvalue weighted by atomic mass is 35.5. The van der Waals surface area contributed by atoms with Gasteiger partial charge < -0.3 is 18.9 Å². The number of ether oxygens (including phenoxy) is 4. The second-order valence-corrected chi connectivity index (χ2v) is 10.3. The van der Waals surface area contributed by atoms with Crippen molar-refractivity contribution in [1.29, 1.82) is 0 Å². The van der Waals surface area contributed by atoms with Crippen LogP contribution in [-0.2, 0) is 10.2 Å². The van der Waals surface area contributed by atoms with Crippen molar-refractivity contribution in [3.63, 3.8) is 0 Å². The molecule has 8 nitrogen and oxygen atoms in total. The molecule has 198 valence electrons. The van der Waals surface area contributed by atoms with Crippen LogP contribution in [0.1, 0.15) is 42.3 Å². The molecule has 0 saturated heterocycles. The van der Waals surface area contributed by atoms with Gasteiger partial charge in [-0.05, 0) is 65.1 Å². The Balaban J connectivity index is 1.39. The minimum Gasteiger partial charge on any atom is -0.493 e. The molecule has 0 aliphatic carbocycles. The van der Waals surface area contributed by atoms with Gasteiger partial charge in [0.1, 0.15) is 6.61 Å². The predicted molar refractivity (Wildman–Crippen MR) is 145 cm³/mol. The van der Waals surface area contributed by atoms with Crippen molar-refractivity contribution < 1.29 is 28.5 Å². The van der Waals surface area contributed by atoms with Gasteiger partial charge in [0.15, 0.2) is 23.0 Å². The van der Waals surface area contributed by atoms with Crippen LogP contribution in [0.15, 0.2) is 59.7 Å². The first-order chi connectivity index (χ1) is 18.0. The molecule has 38 heavy (non-hydrogen) atoms. The Morgan fingerprint density at radius 2 is 1.82 bits per heavy atom. The largest absolute Gasteiger partial charge is 0.493 e. The second kappa shape index (κ2) is 11.3. The molecule has 0 radical (unpaired) electrons. The lowest BCUT2D eigenvalue weighted by Crippen LogP contribution is -2.42. The first-order valence-corrected chi connectivity index (χ1v) is 12.4. The van der Waals surface area contributed by atoms with Crippen LogP contribution in [-0.4, -0.2) is 37.9 Å². The highest BCUT2D eigenvalue weighted by Gasteiger charge is 2.28. The van der Waals surface area contributed by atoms with Crippen molar-refractivity contribution in [2.75, 3.05) is 13.7 Å². The lowest BCUT2D eigenvalue weighted by atomic mass is 9.87. The number of nitrogens with zero attached hydrogens (tertiary/aromatic N) is 1. The molecule has 0 aromatic heterocycles. The summed E-state index contributed by atoms with van der Waals surface area (Å²) in [6, 6.07) is 15.0. The number of hydrazone groups is 1. The highest BCUT2D eigenvalue weighted by Crippen LogP contribution is 2.36. The van der Waals surface area contributed by atoms with Crippen LogP contribution in [0.4, 0.5) is 0 Å². The zero-order valence-corrected chi connectivity index (χ0v) is 22.7. The first kappa shape index (κ1) is 27.3. The van der Waals surface area contributed by atoms with Gasteiger partial charge in [-0.2, -0.15) is 5.10 Å². The van der Waals surface area contributed by atoms with Gasteiger partial charge in [-0.15, -0.1) is 0 Å². The molecule has 1 aliphatic heterocycles. The van der Waals surface area contributed by atoms with Crippen molar-refractivity contribution >= 4 is 41.3 Å². The summed E-state index contributed by atoms with van der Waals surface area (Å²) in [6.45, 7) is 6.35. The summed E-state index contributed by atoms with van der Waals surface area (Å²) in [4.78, 5) is 25.2. The van der Waals surface area contributed by atoms with E-state index in [1.807, 2.05) is 18.2 Å². The van der Waals surface area contributed by atoms with E-state index < -0.39 is 18.0 Å². The average Bonchev–Trinajstić information content (AvgIpc) is 2.88. The van der Waals surface area contributed by atoms with Crippen molar-refractivity contribution in [3.05, 3.63) is 81.3 Å². The third-order valence-electron chi connectivity index (χ3n) is 5.69. The zero-order chi connectivity index (χ0) is 27.4. The van der Waals surface area contributed by atoms with Gasteiger partial charge in [0, 0.05) is 5.02 Å². The maximum absolute atomic E-state index is 12.6. The Kier molecular flexibility index (Phi) is 8.14. The summed E-state index contributed by atoms with van der Waals surface area (Å²) in [5, 5.41) is 4.59. The van der Waals surface area contributed by atoms with Crippen LogP contribution in [0.3, 0.4) is 0 Å². The van der Waals surface area contributed by atoms with Gasteiger partial charge in [-0.3, -0.25) is 4.79 Å². The fourth-order valence-electron chi connectivity index (χ4n) is 3.57. The Bertz CT molecular complexity index is 1400. The topological polar surface area (TPSA) is 95.5 Å². The molecule has 0 unspecified atom stereocenters. The minimum absolute atomic E-state index is 0.0642. The number of rotatable bonds is 6. The van der Waals surface area contributed by atoms with E-state index in [9.17, 15) is 9.59 Å². The number of nitrogens with one attached hydrogen (secondary N) is 1. The van der Waals surface area contributed by atoms with E-state index in [4.69, 9.17) is 42.1 Å². The molecule has 1 N–H and O–H groups in total. The van der Waals surface area contributed by atoms with Crippen LogP contribution in [0.25, 0.3) is 0 Å². The van der Waals surface area contributed by atoms with Gasteiger partial charge in [0.2, 0.25) is 6.10 Å². The molecular formula is C28H26Cl2N2O6. The van der Waals surface area contributed by atoms with Crippen LogP contribution in [0.2, 0.25) is 10.0 Å². The number of esters is 1. The fraction of sp³-hybridized carbons (Fsp3) is 0.250. The van der Waals surface area contributed by atoms with E-state index in [1.165, 1.54) is 25.5 Å². The number of hydrogen-bond acceptors (Lipinski definition) is 7. The lowest BCUT2D eigenvalue weighted by Gasteiger charge is -2.27. The maximum Gasteiger partial charge on any atom is 0.345 e. The monoisotopic (exact) mass is 556 g/mol. The van der Waals surface area contributed by atoms with Gasteiger partial charge >= 0.3 is 5.97 Å². The van der Waals surface area contributed by atoms with E-state index in [0.717, 1.165) is 5.56 Å². The first-order valence-electron chi connectivity index (χ1n) is 11.7. The smallest absolute Gasteiger partial charge is 0.345 e. The number of fused-ring (bicyclic) bond motifs is 1. The number of carbonyl (C=O) groups is 2. The number of methoxy groups -OCH3 is 1. The molecule has 4 rings (SSSR count). The van der Waals surface area contributed by atoms with Crippen LogP contribution in [0.5, 0.6) is 23.0 Å². The van der Waals surface area contributed by atoms with E-state index in [0.29, 0.717) is 22.1 Å². The summed E-state index contributed by atoms with van der Waals surface area (Å²) in [7, 11) is 1.44. The third-order valence-corrected chi connectivity index (χ3v) is 6.24. The number of carbonyl (C=O) groups excluding carboxylic acids is 2. The third kappa shape index (κ3) is 6.38. The Morgan fingerprint density at radius 3 is 2.53 bits per heavy atom. The lowest BCUT2D eigenvalue weighted by molar-refractivity contribution is -0.130. The normalized spacial score (nSPS) is 14.7. The molecule has 1 aliphatic rings. The number of halogens is 2. The van der Waals surface area contributed by atoms with Crippen molar-refractivity contribution in [1.82, 2.24) is 5.43 Å². The van der Waals surface area contributed by atoms with Crippen molar-refractivity contribution in [2.24, 2.45) is 5.10 Å². The molecule has 1 amide bonds. The quantitative estimate of drug-likeness (QED) is 0.178. The van der Waals surface area contributed by atoms with Crippen LogP contribution >= 0.6 is 23.2 Å². The van der Waals surface area contributed by atoms with E-state index in [2.05, 4.69) is 31.3 Å². The number of hydrogen-bond donors (Lipinski definition) is 1. The summed E-state index contributed by atoms with van der Waals surface area (Å²) in [5.74, 6) is 0.467. The van der Waals surface area contributed by atoms with E-state index in [1.54, 1.807) is 24.3 Å². The zero-order valence-electron chi connectivity index (χ0n) is 21.2. The molecule has 0 bridgehead atoms. The summed E-state index contributed by atoms with van der Waals surface area (Å²) in [5.41, 5.74) is 4.22. The molecule has 10 heteroatoms. The summed E-state index contributed by atoms with van der Waals surface area (Å²) < 4.78 is 22.4. The molecule has 0 fully saturated rings. The maximum atomic E-state index is 12.6. The molecule has 0 spiro atoms. The minimum atomic E-state index is -0.856. The average molecular weight is 557 g/mol. The number of amides is 1. The van der Waals surface area contributed by atoms with Crippen molar-refractivity contribution in [3.8, 4) is 23.0 Å². The Morgan fingerprint density at radius 1 is 1.03 bits per heavy atom. The van der Waals surface area contributed by atoms with Crippen molar-refractivity contribution in [2.45, 2.75) is 32.3 Å². The predicted octanol–water partition coefficient (Wildman–Crippen LogP) is 5.81. The van der Waals surface area contributed by atoms with Gasteiger partial charge in [-0.25, -0.2) is 10.2 Å². The standard InChI is InChI=1S/C28H26Cl2N2O6/c1-28(2,3)17-6-10-21-24(12-17)37-25(15-36-21)26(33)32-31-14-16-5-9-22(23(11-16)35-4)38-27(34)19-8-7-18(29)13-20(19)30/h5-14,25H,15H2,1-4H3,(H,32,33)/b31-14+/t25-/m0/s1. The Labute approximate surface area is 230 Å². The van der Waals surface area contributed by atoms with Gasteiger partial charge in [0.25, 0.3) is 5.91 Å². The van der Waals surface area contributed by atoms with Gasteiger partial charge in [-0.1, -0.05) is 50.0 Å².